The van der Waals surface area contributed by atoms with Crippen LogP contribution in [0.3, 0.4) is 0 Å². The molecule has 1 unspecified atom stereocenters. The van der Waals surface area contributed by atoms with Crippen molar-refractivity contribution in [1.29, 1.82) is 0 Å². The molecule has 1 amide bonds. The van der Waals surface area contributed by atoms with Gasteiger partial charge < -0.3 is 10.1 Å². The summed E-state index contributed by atoms with van der Waals surface area (Å²) in [6.45, 7) is 3.23. The van der Waals surface area contributed by atoms with Crippen LogP contribution in [0.25, 0.3) is 0 Å². The smallest absolute Gasteiger partial charge is 0.269 e. The highest BCUT2D eigenvalue weighted by molar-refractivity contribution is 9.10. The second-order valence-electron chi connectivity index (χ2n) is 3.62. The van der Waals surface area contributed by atoms with Gasteiger partial charge in [0.25, 0.3) is 5.91 Å². The number of carbonyl (C=O) groups is 1. The minimum Gasteiger partial charge on any atom is -0.384 e. The number of nitrogens with zero attached hydrogens (tertiary/aromatic N) is 1. The maximum atomic E-state index is 11.7. The van der Waals surface area contributed by atoms with E-state index in [-0.39, 0.29) is 5.91 Å². The Bertz CT molecular complexity index is 358. The van der Waals surface area contributed by atoms with E-state index in [4.69, 9.17) is 4.74 Å². The molecule has 1 aromatic rings. The zero-order valence-corrected chi connectivity index (χ0v) is 11.0. The third-order valence-electron chi connectivity index (χ3n) is 2.01. The van der Waals surface area contributed by atoms with Crippen LogP contribution >= 0.6 is 15.9 Å². The van der Waals surface area contributed by atoms with Gasteiger partial charge in [0.15, 0.2) is 0 Å². The van der Waals surface area contributed by atoms with Crippen molar-refractivity contribution in [3.05, 3.63) is 28.5 Å². The van der Waals surface area contributed by atoms with Crippen LogP contribution in [0.4, 0.5) is 0 Å². The van der Waals surface area contributed by atoms with Crippen LogP contribution < -0.4 is 5.32 Å². The van der Waals surface area contributed by atoms with Gasteiger partial charge in [0.2, 0.25) is 0 Å². The molecule has 0 aromatic carbocycles. The Morgan fingerprint density at radius 3 is 3.00 bits per heavy atom. The molecule has 0 aliphatic carbocycles. The fourth-order valence-electron chi connectivity index (χ4n) is 1.24. The number of nitrogens with one attached hydrogen (secondary N) is 1. The summed E-state index contributed by atoms with van der Waals surface area (Å²) in [4.78, 5) is 15.7. The van der Waals surface area contributed by atoms with E-state index in [1.807, 2.05) is 6.92 Å². The van der Waals surface area contributed by atoms with E-state index < -0.39 is 0 Å². The molecule has 0 saturated carbocycles. The first-order chi connectivity index (χ1) is 7.63. The highest BCUT2D eigenvalue weighted by Crippen LogP contribution is 2.06. The molecule has 1 atom stereocenters. The molecule has 88 valence electrons. The average Bonchev–Trinajstić information content (AvgIpc) is 2.26. The van der Waals surface area contributed by atoms with Crippen LogP contribution in [0, 0.1) is 5.92 Å². The van der Waals surface area contributed by atoms with Gasteiger partial charge in [-0.1, -0.05) is 13.0 Å². The maximum Gasteiger partial charge on any atom is 0.269 e. The van der Waals surface area contributed by atoms with Crippen molar-refractivity contribution in [2.24, 2.45) is 5.92 Å². The second kappa shape index (κ2) is 6.60. The van der Waals surface area contributed by atoms with E-state index in [1.54, 1.807) is 25.3 Å². The molecule has 0 radical (unpaired) electrons. The number of rotatable bonds is 5. The van der Waals surface area contributed by atoms with E-state index in [0.29, 0.717) is 29.4 Å². The number of amides is 1. The maximum absolute atomic E-state index is 11.7. The topological polar surface area (TPSA) is 51.2 Å². The summed E-state index contributed by atoms with van der Waals surface area (Å²) in [5.74, 6) is 0.130. The fourth-order valence-corrected chi connectivity index (χ4v) is 1.58. The van der Waals surface area contributed by atoms with Gasteiger partial charge in [-0.05, 0) is 34.0 Å². The number of hydrogen-bond donors (Lipinski definition) is 1. The van der Waals surface area contributed by atoms with Crippen LogP contribution in [0.2, 0.25) is 0 Å². The lowest BCUT2D eigenvalue weighted by Crippen LogP contribution is -2.30. The lowest BCUT2D eigenvalue weighted by atomic mass is 10.2. The second-order valence-corrected chi connectivity index (χ2v) is 4.43. The highest BCUT2D eigenvalue weighted by Gasteiger charge is 2.08. The van der Waals surface area contributed by atoms with Crippen molar-refractivity contribution >= 4 is 21.8 Å². The Hall–Kier alpha value is -0.940. The molecule has 0 aliphatic rings. The summed E-state index contributed by atoms with van der Waals surface area (Å²) in [5.41, 5.74) is 0.416. The van der Waals surface area contributed by atoms with Gasteiger partial charge in [-0.3, -0.25) is 4.79 Å². The Morgan fingerprint density at radius 2 is 2.38 bits per heavy atom. The highest BCUT2D eigenvalue weighted by atomic mass is 79.9. The quantitative estimate of drug-likeness (QED) is 0.841. The van der Waals surface area contributed by atoms with Crippen molar-refractivity contribution in [2.75, 3.05) is 20.3 Å². The van der Waals surface area contributed by atoms with E-state index >= 15 is 0 Å². The minimum atomic E-state index is -0.163. The van der Waals surface area contributed by atoms with Crippen LogP contribution in [-0.4, -0.2) is 31.2 Å². The number of carbonyl (C=O) groups excluding carboxylic acids is 1. The Labute approximate surface area is 104 Å². The van der Waals surface area contributed by atoms with Gasteiger partial charge >= 0.3 is 0 Å². The van der Waals surface area contributed by atoms with Crippen LogP contribution in [0.15, 0.2) is 22.8 Å². The third kappa shape index (κ3) is 4.28. The molecule has 16 heavy (non-hydrogen) atoms. The minimum absolute atomic E-state index is 0.163. The summed E-state index contributed by atoms with van der Waals surface area (Å²) in [5, 5.41) is 2.81. The molecule has 1 N–H and O–H groups in total. The zero-order chi connectivity index (χ0) is 12.0. The molecule has 0 aliphatic heterocycles. The molecule has 1 heterocycles. The average molecular weight is 287 g/mol. The number of methoxy groups -OCH3 is 1. The number of hydrogen-bond acceptors (Lipinski definition) is 3. The molecule has 5 heteroatoms. The summed E-state index contributed by atoms with van der Waals surface area (Å²) < 4.78 is 5.64. The van der Waals surface area contributed by atoms with Crippen LogP contribution in [0.5, 0.6) is 0 Å². The van der Waals surface area contributed by atoms with Gasteiger partial charge in [-0.2, -0.15) is 0 Å². The first-order valence-corrected chi connectivity index (χ1v) is 5.82. The largest absolute Gasteiger partial charge is 0.384 e. The van der Waals surface area contributed by atoms with Crippen LogP contribution in [-0.2, 0) is 4.74 Å². The fraction of sp³-hybridized carbons (Fsp3) is 0.455. The third-order valence-corrected chi connectivity index (χ3v) is 2.45. The summed E-state index contributed by atoms with van der Waals surface area (Å²) >= 11 is 3.22. The SMILES string of the molecule is COCC(C)CNC(=O)c1cccc(Br)n1. The summed E-state index contributed by atoms with van der Waals surface area (Å²) in [7, 11) is 1.65. The van der Waals surface area contributed by atoms with Crippen molar-refractivity contribution in [2.45, 2.75) is 6.92 Å². The standard InChI is InChI=1S/C11H15BrN2O2/c1-8(7-16-2)6-13-11(15)9-4-3-5-10(12)14-9/h3-5,8H,6-7H2,1-2H3,(H,13,15). The predicted molar refractivity (Wildman–Crippen MR) is 65.3 cm³/mol. The molecule has 0 bridgehead atoms. The first kappa shape index (κ1) is 13.1. The molecule has 0 fully saturated rings. The number of aromatic nitrogens is 1. The summed E-state index contributed by atoms with van der Waals surface area (Å²) in [6, 6.07) is 5.25. The van der Waals surface area contributed by atoms with E-state index in [1.165, 1.54) is 0 Å². The van der Waals surface area contributed by atoms with E-state index in [2.05, 4.69) is 26.2 Å². The van der Waals surface area contributed by atoms with Gasteiger partial charge in [0.1, 0.15) is 10.3 Å². The van der Waals surface area contributed by atoms with Gasteiger partial charge in [-0.25, -0.2) is 4.98 Å². The van der Waals surface area contributed by atoms with Crippen molar-refractivity contribution < 1.29 is 9.53 Å². The molecule has 1 aromatic heterocycles. The number of pyridine rings is 1. The lowest BCUT2D eigenvalue weighted by Gasteiger charge is -2.11. The van der Waals surface area contributed by atoms with Gasteiger partial charge in [0.05, 0.1) is 6.61 Å². The van der Waals surface area contributed by atoms with Crippen molar-refractivity contribution in [3.63, 3.8) is 0 Å². The monoisotopic (exact) mass is 286 g/mol. The van der Waals surface area contributed by atoms with Gasteiger partial charge in [0, 0.05) is 13.7 Å². The van der Waals surface area contributed by atoms with Gasteiger partial charge in [-0.15, -0.1) is 0 Å². The molecule has 0 saturated heterocycles. The Kier molecular flexibility index (Phi) is 5.42. The molecular formula is C11H15BrN2O2. The first-order valence-electron chi connectivity index (χ1n) is 5.03. The van der Waals surface area contributed by atoms with Crippen LogP contribution in [0.1, 0.15) is 17.4 Å². The molecule has 0 spiro atoms. The predicted octanol–water partition coefficient (Wildman–Crippen LogP) is 1.86. The zero-order valence-electron chi connectivity index (χ0n) is 9.37. The number of halogens is 1. The lowest BCUT2D eigenvalue weighted by molar-refractivity contribution is 0.0929. The Balaban J connectivity index is 2.47. The molecule has 4 nitrogen and oxygen atoms in total. The normalized spacial score (nSPS) is 12.2. The van der Waals surface area contributed by atoms with E-state index in [0.717, 1.165) is 0 Å². The molecule has 1 rings (SSSR count). The summed E-state index contributed by atoms with van der Waals surface area (Å²) in [6.07, 6.45) is 0. The molecular weight excluding hydrogens is 272 g/mol. The Morgan fingerprint density at radius 1 is 1.62 bits per heavy atom. The van der Waals surface area contributed by atoms with Crippen molar-refractivity contribution in [3.8, 4) is 0 Å². The van der Waals surface area contributed by atoms with E-state index in [9.17, 15) is 4.79 Å². The van der Waals surface area contributed by atoms with Crippen molar-refractivity contribution in [1.82, 2.24) is 10.3 Å². The number of ether oxygens (including phenoxy) is 1.